The number of hydrogen-bond acceptors (Lipinski definition) is 6. The Bertz CT molecular complexity index is 893. The summed E-state index contributed by atoms with van der Waals surface area (Å²) in [5.41, 5.74) is -0.663. The normalized spacial score (nSPS) is 15.8. The molecule has 0 atom stereocenters. The number of carbonyl (C=O) groups is 1. The summed E-state index contributed by atoms with van der Waals surface area (Å²) >= 11 is 5.63. The molecule has 0 fully saturated rings. The zero-order valence-corrected chi connectivity index (χ0v) is 14.2. The minimum Gasteiger partial charge on any atom is -0.545 e. The first kappa shape index (κ1) is 18.2. The van der Waals surface area contributed by atoms with Gasteiger partial charge in [0.1, 0.15) is 17.6 Å². The average Bonchev–Trinajstić information content (AvgIpc) is 2.99. The van der Waals surface area contributed by atoms with Gasteiger partial charge in [-0.15, -0.1) is 0 Å². The van der Waals surface area contributed by atoms with Crippen molar-refractivity contribution in [2.24, 2.45) is 5.10 Å². The van der Waals surface area contributed by atoms with E-state index in [2.05, 4.69) is 10.1 Å². The molecule has 26 heavy (non-hydrogen) atoms. The van der Waals surface area contributed by atoms with Gasteiger partial charge < -0.3 is 14.3 Å². The highest BCUT2D eigenvalue weighted by molar-refractivity contribution is 6.30. The summed E-state index contributed by atoms with van der Waals surface area (Å²) in [5.74, 6) is -1.46. The molecule has 2 heterocycles. The molecular weight excluding hydrogens is 375 g/mol. The third-order valence-electron chi connectivity index (χ3n) is 3.91. The predicted molar refractivity (Wildman–Crippen MR) is 85.2 cm³/mol. The second-order valence-corrected chi connectivity index (χ2v) is 6.12. The van der Waals surface area contributed by atoms with Crippen LogP contribution in [0.25, 0.3) is 0 Å². The maximum Gasteiger partial charge on any atom is 0.420 e. The molecule has 0 bridgehead atoms. The molecular formula is C16H12ClF3N3O3-. The monoisotopic (exact) mass is 386 g/mol. The Labute approximate surface area is 150 Å². The average molecular weight is 387 g/mol. The number of halogens is 4. The van der Waals surface area contributed by atoms with Crippen molar-refractivity contribution in [3.8, 4) is 0 Å². The van der Waals surface area contributed by atoms with E-state index in [0.29, 0.717) is 30.7 Å². The molecule has 1 aliphatic rings. The van der Waals surface area contributed by atoms with Crippen molar-refractivity contribution in [3.05, 3.63) is 46.0 Å². The number of carboxylic acid groups (broad SMARTS) is 1. The fourth-order valence-corrected chi connectivity index (χ4v) is 2.97. The zero-order valence-electron chi connectivity index (χ0n) is 13.4. The summed E-state index contributed by atoms with van der Waals surface area (Å²) in [5, 5.41) is 16.2. The molecule has 0 amide bonds. The van der Waals surface area contributed by atoms with Crippen molar-refractivity contribution in [2.75, 3.05) is 12.1 Å². The molecule has 10 heteroatoms. The zero-order chi connectivity index (χ0) is 19.1. The second kappa shape index (κ2) is 6.64. The number of carboxylic acids is 1. The molecule has 2 aromatic rings. The summed E-state index contributed by atoms with van der Waals surface area (Å²) in [6.07, 6.45) is -1.02. The number of rotatable bonds is 3. The van der Waals surface area contributed by atoms with E-state index in [9.17, 15) is 23.1 Å². The van der Waals surface area contributed by atoms with Crippen LogP contribution in [-0.2, 0) is 12.6 Å². The van der Waals surface area contributed by atoms with Gasteiger partial charge in [0.05, 0.1) is 16.7 Å². The van der Waals surface area contributed by atoms with Crippen LogP contribution in [0.2, 0.25) is 5.02 Å². The number of furan rings is 1. The number of pyridine rings is 1. The summed E-state index contributed by atoms with van der Waals surface area (Å²) in [7, 11) is 1.30. The maximum atomic E-state index is 13.3. The van der Waals surface area contributed by atoms with Gasteiger partial charge in [-0.1, -0.05) is 11.6 Å². The molecule has 3 rings (SSSR count). The van der Waals surface area contributed by atoms with Crippen LogP contribution >= 0.6 is 11.6 Å². The second-order valence-electron chi connectivity index (χ2n) is 5.68. The van der Waals surface area contributed by atoms with Crippen molar-refractivity contribution in [1.29, 1.82) is 0 Å². The number of carbonyl (C=O) groups excluding carboxylic acids is 1. The van der Waals surface area contributed by atoms with Crippen LogP contribution in [0.5, 0.6) is 0 Å². The third kappa shape index (κ3) is 3.39. The van der Waals surface area contributed by atoms with Gasteiger partial charge in [0.15, 0.2) is 5.82 Å². The van der Waals surface area contributed by atoms with E-state index < -0.39 is 23.5 Å². The summed E-state index contributed by atoms with van der Waals surface area (Å²) in [6.45, 7) is 0. The predicted octanol–water partition coefficient (Wildman–Crippen LogP) is 2.89. The Kier molecular flexibility index (Phi) is 4.66. The van der Waals surface area contributed by atoms with Crippen LogP contribution in [0.1, 0.15) is 40.1 Å². The molecule has 0 spiro atoms. The van der Waals surface area contributed by atoms with Crippen LogP contribution < -0.4 is 10.1 Å². The largest absolute Gasteiger partial charge is 0.545 e. The molecule has 0 radical (unpaired) electrons. The lowest BCUT2D eigenvalue weighted by molar-refractivity contribution is -0.255. The molecule has 0 aromatic carbocycles. The molecule has 1 aliphatic carbocycles. The van der Waals surface area contributed by atoms with Crippen LogP contribution in [0.3, 0.4) is 0 Å². The molecule has 138 valence electrons. The van der Waals surface area contributed by atoms with Gasteiger partial charge in [-0.3, -0.25) is 5.01 Å². The number of nitrogens with zero attached hydrogens (tertiary/aromatic N) is 3. The van der Waals surface area contributed by atoms with Gasteiger partial charge in [-0.25, -0.2) is 4.98 Å². The van der Waals surface area contributed by atoms with Gasteiger partial charge >= 0.3 is 6.18 Å². The smallest absolute Gasteiger partial charge is 0.420 e. The Morgan fingerprint density at radius 3 is 2.81 bits per heavy atom. The summed E-state index contributed by atoms with van der Waals surface area (Å²) < 4.78 is 45.0. The number of aromatic carboxylic acids is 1. The molecule has 0 aliphatic heterocycles. The number of anilines is 1. The van der Waals surface area contributed by atoms with Gasteiger partial charge in [0.25, 0.3) is 0 Å². The Balaban J connectivity index is 2.06. The van der Waals surface area contributed by atoms with Gasteiger partial charge in [-0.2, -0.15) is 18.3 Å². The summed E-state index contributed by atoms with van der Waals surface area (Å²) in [4.78, 5) is 15.0. The number of alkyl halides is 3. The molecule has 0 unspecified atom stereocenters. The highest BCUT2D eigenvalue weighted by Gasteiger charge is 2.36. The van der Waals surface area contributed by atoms with Crippen molar-refractivity contribution >= 4 is 29.1 Å². The lowest BCUT2D eigenvalue weighted by Crippen LogP contribution is -2.27. The van der Waals surface area contributed by atoms with E-state index in [1.54, 1.807) is 0 Å². The first-order valence-electron chi connectivity index (χ1n) is 7.54. The van der Waals surface area contributed by atoms with Crippen molar-refractivity contribution in [2.45, 2.75) is 25.4 Å². The van der Waals surface area contributed by atoms with E-state index >= 15 is 0 Å². The molecule has 6 nitrogen and oxygen atoms in total. The van der Waals surface area contributed by atoms with Crippen LogP contribution in [0, 0.1) is 0 Å². The number of aromatic nitrogens is 1. The molecule has 0 N–H and O–H groups in total. The fraction of sp³-hybridized carbons (Fsp3) is 0.312. The lowest BCUT2D eigenvalue weighted by Gasteiger charge is -2.21. The lowest BCUT2D eigenvalue weighted by atomic mass is 9.93. The van der Waals surface area contributed by atoms with Crippen molar-refractivity contribution < 1.29 is 27.5 Å². The SMILES string of the molecule is CN(/N=C1/CCCc2occ(C(=O)[O-])c21)c1ncc(Cl)cc1C(F)(F)F. The maximum absolute atomic E-state index is 13.3. The highest BCUT2D eigenvalue weighted by atomic mass is 35.5. The number of aryl methyl sites for hydroxylation is 1. The third-order valence-corrected chi connectivity index (χ3v) is 4.12. The van der Waals surface area contributed by atoms with E-state index in [4.69, 9.17) is 16.0 Å². The van der Waals surface area contributed by atoms with Crippen molar-refractivity contribution in [3.63, 3.8) is 0 Å². The highest BCUT2D eigenvalue weighted by Crippen LogP contribution is 2.37. The Hall–Kier alpha value is -2.55. The van der Waals surface area contributed by atoms with E-state index in [0.717, 1.165) is 23.5 Å². The number of hydrogen-bond donors (Lipinski definition) is 0. The van der Waals surface area contributed by atoms with Crippen LogP contribution in [0.15, 0.2) is 28.0 Å². The van der Waals surface area contributed by atoms with E-state index in [1.165, 1.54) is 7.05 Å². The standard InChI is InChI=1S/C16H13ClF3N3O3/c1-23(14-10(16(18,19)20)5-8(17)6-21-14)22-11-3-2-4-12-13(11)9(7-26-12)15(24)25/h5-7H,2-4H2,1H3,(H,24,25)/p-1/b22-11-. The van der Waals surface area contributed by atoms with Gasteiger partial charge in [0, 0.05) is 30.8 Å². The topological polar surface area (TPSA) is 81.8 Å². The van der Waals surface area contributed by atoms with Crippen LogP contribution in [-0.4, -0.2) is 23.7 Å². The Morgan fingerprint density at radius 1 is 1.42 bits per heavy atom. The minimum atomic E-state index is -4.68. The van der Waals surface area contributed by atoms with E-state index in [1.807, 2.05) is 0 Å². The molecule has 2 aromatic heterocycles. The minimum absolute atomic E-state index is 0.156. The van der Waals surface area contributed by atoms with E-state index in [-0.39, 0.29) is 16.1 Å². The first-order chi connectivity index (χ1) is 12.2. The first-order valence-corrected chi connectivity index (χ1v) is 7.92. The molecule has 0 saturated heterocycles. The van der Waals surface area contributed by atoms with Crippen molar-refractivity contribution in [1.82, 2.24) is 4.98 Å². The molecule has 0 saturated carbocycles. The Morgan fingerprint density at radius 2 is 2.15 bits per heavy atom. The number of fused-ring (bicyclic) bond motifs is 1. The van der Waals surface area contributed by atoms with Crippen LogP contribution in [0.4, 0.5) is 19.0 Å². The van der Waals surface area contributed by atoms with Gasteiger partial charge in [-0.05, 0) is 18.9 Å². The van der Waals surface area contributed by atoms with Gasteiger partial charge in [0.2, 0.25) is 0 Å². The quantitative estimate of drug-likeness (QED) is 0.757. The summed E-state index contributed by atoms with van der Waals surface area (Å²) in [6, 6.07) is 0.761. The fourth-order valence-electron chi connectivity index (χ4n) is 2.82. The number of hydrazone groups is 1.